The Kier molecular flexibility index (Phi) is 5.93. The molecule has 4 atom stereocenters. The molecular weight excluding hydrogens is 496 g/mol. The minimum absolute atomic E-state index is 0.103. The number of carbonyl (C=O) groups excluding carboxylic acids is 1. The van der Waals surface area contributed by atoms with Gasteiger partial charge in [0.05, 0.1) is 18.5 Å². The standard InChI is InChI=1S/C21H20N6O8S/c22-18-15-19(24-8-23-18)27(9-25-15)21-17(30)16(29)14(35-21)7-34-36(32,33)26-20(31)12-5-10-3-1-2-4-11(10)6-13(12)28/h1-6,8-9,14,16-17,21,28-30H,7H2,(H,26,31)(H2,22,23,24)/t14-,16-,17-,21-/m1/s1. The Labute approximate surface area is 203 Å². The fraction of sp³-hybridized carbons (Fsp3) is 0.238. The smallest absolute Gasteiger partial charge is 0.362 e. The van der Waals surface area contributed by atoms with Crippen LogP contribution >= 0.6 is 0 Å². The van der Waals surface area contributed by atoms with Crippen LogP contribution in [0.2, 0.25) is 0 Å². The van der Waals surface area contributed by atoms with Gasteiger partial charge in [0.15, 0.2) is 17.7 Å². The Bertz CT molecular complexity index is 1580. The molecule has 0 bridgehead atoms. The van der Waals surface area contributed by atoms with E-state index in [1.807, 2.05) is 0 Å². The first kappa shape index (κ1) is 23.8. The summed E-state index contributed by atoms with van der Waals surface area (Å²) in [5.74, 6) is -1.43. The van der Waals surface area contributed by atoms with Gasteiger partial charge in [-0.2, -0.15) is 8.42 Å². The zero-order valence-corrected chi connectivity index (χ0v) is 19.1. The van der Waals surface area contributed by atoms with E-state index < -0.39 is 53.1 Å². The number of imidazole rings is 1. The Balaban J connectivity index is 1.27. The summed E-state index contributed by atoms with van der Waals surface area (Å²) in [6.07, 6.45) is -3.02. The minimum Gasteiger partial charge on any atom is -0.507 e. The van der Waals surface area contributed by atoms with Crippen molar-refractivity contribution in [2.24, 2.45) is 0 Å². The number of ether oxygens (including phenoxy) is 1. The van der Waals surface area contributed by atoms with Gasteiger partial charge in [-0.25, -0.2) is 19.7 Å². The van der Waals surface area contributed by atoms with Gasteiger partial charge in [0.25, 0.3) is 5.91 Å². The fourth-order valence-electron chi connectivity index (χ4n) is 3.92. The molecule has 2 aromatic heterocycles. The number of aliphatic hydroxyl groups excluding tert-OH is 2. The van der Waals surface area contributed by atoms with Crippen molar-refractivity contribution in [1.29, 1.82) is 0 Å². The third kappa shape index (κ3) is 4.29. The van der Waals surface area contributed by atoms with Gasteiger partial charge in [0.1, 0.15) is 35.9 Å². The topological polar surface area (TPSA) is 212 Å². The molecule has 2 aromatic carbocycles. The Hall–Kier alpha value is -3.89. The SMILES string of the molecule is Nc1ncnc2c1ncn2[C@@H]1O[C@H](COS(=O)(=O)NC(=O)c2cc3ccccc3cc2O)[C@@H](O)[C@H]1O. The van der Waals surface area contributed by atoms with Crippen molar-refractivity contribution in [2.45, 2.75) is 24.5 Å². The van der Waals surface area contributed by atoms with Gasteiger partial charge in [-0.05, 0) is 22.9 Å². The van der Waals surface area contributed by atoms with Crippen LogP contribution in [0.15, 0.2) is 49.1 Å². The molecule has 0 aliphatic carbocycles. The average Bonchev–Trinajstić information content (AvgIpc) is 3.39. The van der Waals surface area contributed by atoms with E-state index in [0.29, 0.717) is 10.8 Å². The quantitative estimate of drug-likeness (QED) is 0.221. The molecule has 1 aliphatic rings. The number of benzene rings is 2. The van der Waals surface area contributed by atoms with Gasteiger partial charge in [-0.15, -0.1) is 0 Å². The number of nitrogen functional groups attached to an aromatic ring is 1. The van der Waals surface area contributed by atoms with Crippen LogP contribution in [0, 0.1) is 0 Å². The molecular formula is C21H20N6O8S. The maximum absolute atomic E-state index is 12.5. The van der Waals surface area contributed by atoms with Crippen LogP contribution in [0.25, 0.3) is 21.9 Å². The molecule has 6 N–H and O–H groups in total. The summed E-state index contributed by atoms with van der Waals surface area (Å²) in [5.41, 5.74) is 5.96. The van der Waals surface area contributed by atoms with Gasteiger partial charge in [-0.1, -0.05) is 24.3 Å². The first-order valence-electron chi connectivity index (χ1n) is 10.5. The van der Waals surface area contributed by atoms with Gasteiger partial charge >= 0.3 is 10.3 Å². The van der Waals surface area contributed by atoms with E-state index in [9.17, 15) is 28.5 Å². The number of hydrogen-bond donors (Lipinski definition) is 5. The van der Waals surface area contributed by atoms with Crippen molar-refractivity contribution in [1.82, 2.24) is 24.2 Å². The Morgan fingerprint density at radius 3 is 2.61 bits per heavy atom. The predicted octanol–water partition coefficient (Wildman–Crippen LogP) is -0.422. The summed E-state index contributed by atoms with van der Waals surface area (Å²) in [4.78, 5) is 24.4. The largest absolute Gasteiger partial charge is 0.507 e. The van der Waals surface area contributed by atoms with E-state index in [4.69, 9.17) is 14.7 Å². The Morgan fingerprint density at radius 2 is 1.86 bits per heavy atom. The lowest BCUT2D eigenvalue weighted by molar-refractivity contribution is -0.0468. The summed E-state index contributed by atoms with van der Waals surface area (Å²) in [6.45, 7) is -0.731. The van der Waals surface area contributed by atoms with E-state index in [-0.39, 0.29) is 22.5 Å². The summed E-state index contributed by atoms with van der Waals surface area (Å²) in [7, 11) is -4.68. The summed E-state index contributed by atoms with van der Waals surface area (Å²) < 4.78 is 38.2. The second kappa shape index (κ2) is 8.96. The van der Waals surface area contributed by atoms with E-state index >= 15 is 0 Å². The number of phenols is 1. The maximum Gasteiger partial charge on any atom is 0.362 e. The van der Waals surface area contributed by atoms with Gasteiger partial charge < -0.3 is 25.8 Å². The second-order valence-corrected chi connectivity index (χ2v) is 9.36. The molecule has 36 heavy (non-hydrogen) atoms. The second-order valence-electron chi connectivity index (χ2n) is 8.02. The fourth-order valence-corrected chi connectivity index (χ4v) is 4.63. The number of aliphatic hydroxyl groups is 2. The van der Waals surface area contributed by atoms with Gasteiger partial charge in [-0.3, -0.25) is 13.5 Å². The van der Waals surface area contributed by atoms with Crippen LogP contribution in [-0.4, -0.2) is 74.1 Å². The van der Waals surface area contributed by atoms with Crippen LogP contribution < -0.4 is 10.5 Å². The molecule has 0 radical (unpaired) electrons. The molecule has 1 aliphatic heterocycles. The van der Waals surface area contributed by atoms with E-state index in [1.165, 1.54) is 29.4 Å². The van der Waals surface area contributed by atoms with Crippen LogP contribution in [-0.2, 0) is 19.2 Å². The lowest BCUT2D eigenvalue weighted by atomic mass is 10.1. The molecule has 0 spiro atoms. The Morgan fingerprint density at radius 1 is 1.14 bits per heavy atom. The third-order valence-corrected chi connectivity index (χ3v) is 6.59. The highest BCUT2D eigenvalue weighted by Crippen LogP contribution is 2.32. The number of nitrogens with one attached hydrogen (secondary N) is 1. The molecule has 1 saturated heterocycles. The number of carbonyl (C=O) groups is 1. The number of nitrogens with two attached hydrogens (primary N) is 1. The lowest BCUT2D eigenvalue weighted by Crippen LogP contribution is -2.37. The highest BCUT2D eigenvalue weighted by Gasteiger charge is 2.45. The van der Waals surface area contributed by atoms with Crippen molar-refractivity contribution in [3.63, 3.8) is 0 Å². The van der Waals surface area contributed by atoms with Gasteiger partial charge in [0, 0.05) is 0 Å². The number of phenolic OH excluding ortho intramolecular Hbond substituents is 1. The monoisotopic (exact) mass is 516 g/mol. The summed E-state index contributed by atoms with van der Waals surface area (Å²) in [5, 5.41) is 32.3. The van der Waals surface area contributed by atoms with E-state index in [2.05, 4.69) is 15.0 Å². The predicted molar refractivity (Wildman–Crippen MR) is 124 cm³/mol. The van der Waals surface area contributed by atoms with Crippen LogP contribution in [0.5, 0.6) is 5.75 Å². The first-order chi connectivity index (χ1) is 17.1. The zero-order chi connectivity index (χ0) is 25.6. The summed E-state index contributed by atoms with van der Waals surface area (Å²) in [6, 6.07) is 9.57. The number of rotatable bonds is 6. The van der Waals surface area contributed by atoms with E-state index in [0.717, 1.165) is 0 Å². The number of nitrogens with zero attached hydrogens (tertiary/aromatic N) is 4. The molecule has 1 amide bonds. The van der Waals surface area contributed by atoms with Crippen molar-refractivity contribution in [3.05, 3.63) is 54.6 Å². The van der Waals surface area contributed by atoms with E-state index in [1.54, 1.807) is 29.0 Å². The van der Waals surface area contributed by atoms with Gasteiger partial charge in [0.2, 0.25) is 0 Å². The number of aromatic hydroxyl groups is 1. The van der Waals surface area contributed by atoms with Crippen molar-refractivity contribution < 1.29 is 37.5 Å². The number of aromatic nitrogens is 4. The van der Waals surface area contributed by atoms with Crippen molar-refractivity contribution >= 4 is 44.0 Å². The third-order valence-electron chi connectivity index (χ3n) is 5.71. The number of hydrogen-bond acceptors (Lipinski definition) is 12. The minimum atomic E-state index is -4.68. The molecule has 5 rings (SSSR count). The molecule has 0 saturated carbocycles. The number of fused-ring (bicyclic) bond motifs is 2. The molecule has 15 heteroatoms. The molecule has 3 heterocycles. The molecule has 14 nitrogen and oxygen atoms in total. The molecule has 188 valence electrons. The maximum atomic E-state index is 12.5. The molecule has 4 aromatic rings. The molecule has 0 unspecified atom stereocenters. The van der Waals surface area contributed by atoms with Crippen LogP contribution in [0.3, 0.4) is 0 Å². The van der Waals surface area contributed by atoms with Crippen molar-refractivity contribution in [3.8, 4) is 5.75 Å². The number of anilines is 1. The highest BCUT2D eigenvalue weighted by molar-refractivity contribution is 7.85. The highest BCUT2D eigenvalue weighted by atomic mass is 32.2. The zero-order valence-electron chi connectivity index (χ0n) is 18.3. The lowest BCUT2D eigenvalue weighted by Gasteiger charge is -2.16. The first-order valence-corrected chi connectivity index (χ1v) is 11.9. The van der Waals surface area contributed by atoms with Crippen molar-refractivity contribution in [2.75, 3.05) is 12.3 Å². The normalized spacial score (nSPS) is 22.3. The number of amides is 1. The van der Waals surface area contributed by atoms with Crippen LogP contribution in [0.1, 0.15) is 16.6 Å². The van der Waals surface area contributed by atoms with Crippen LogP contribution in [0.4, 0.5) is 5.82 Å². The average molecular weight is 516 g/mol. The molecule has 1 fully saturated rings. The summed E-state index contributed by atoms with van der Waals surface area (Å²) >= 11 is 0.